The Bertz CT molecular complexity index is 976. The summed E-state index contributed by atoms with van der Waals surface area (Å²) in [6, 6.07) is 14.1. The molecule has 0 saturated carbocycles. The monoisotopic (exact) mass is 386 g/mol. The SMILES string of the molecule is CCOc1ccc(N/C=C(/C#N)C(=O)Nc2ccc(S(N)(=O)=O)cc2)cc1. The maximum Gasteiger partial charge on any atom is 0.267 e. The summed E-state index contributed by atoms with van der Waals surface area (Å²) >= 11 is 0. The largest absolute Gasteiger partial charge is 0.494 e. The van der Waals surface area contributed by atoms with E-state index in [0.29, 0.717) is 23.7 Å². The van der Waals surface area contributed by atoms with Crippen LogP contribution in [0.5, 0.6) is 5.75 Å². The number of nitrogens with one attached hydrogen (secondary N) is 2. The number of anilines is 2. The molecule has 140 valence electrons. The summed E-state index contributed by atoms with van der Waals surface area (Å²) in [5, 5.41) is 19.6. The molecule has 0 saturated heterocycles. The summed E-state index contributed by atoms with van der Waals surface area (Å²) in [6.45, 7) is 2.44. The minimum absolute atomic E-state index is 0.0753. The number of rotatable bonds is 7. The van der Waals surface area contributed by atoms with Crippen molar-refractivity contribution >= 4 is 27.3 Å². The molecule has 0 aliphatic carbocycles. The Balaban J connectivity index is 2.04. The number of sulfonamides is 1. The number of hydrogen-bond acceptors (Lipinski definition) is 6. The minimum atomic E-state index is -3.81. The third-order valence-corrected chi connectivity index (χ3v) is 4.28. The second-order valence-electron chi connectivity index (χ2n) is 5.30. The number of hydrogen-bond donors (Lipinski definition) is 3. The molecule has 0 unspecified atom stereocenters. The van der Waals surface area contributed by atoms with Crippen molar-refractivity contribution in [2.45, 2.75) is 11.8 Å². The highest BCUT2D eigenvalue weighted by atomic mass is 32.2. The van der Waals surface area contributed by atoms with Crippen LogP contribution in [0.25, 0.3) is 0 Å². The van der Waals surface area contributed by atoms with Crippen molar-refractivity contribution in [2.24, 2.45) is 5.14 Å². The van der Waals surface area contributed by atoms with Crippen molar-refractivity contribution in [3.63, 3.8) is 0 Å². The first kappa shape index (κ1) is 20.0. The molecule has 0 aromatic heterocycles. The zero-order chi connectivity index (χ0) is 19.9. The smallest absolute Gasteiger partial charge is 0.267 e. The molecule has 0 atom stereocenters. The first-order valence-electron chi connectivity index (χ1n) is 7.87. The fourth-order valence-electron chi connectivity index (χ4n) is 2.04. The standard InChI is InChI=1S/C18H18N4O4S/c1-2-26-16-7-3-14(4-8-16)21-12-13(11-19)18(23)22-15-5-9-17(10-6-15)27(20,24)25/h3-10,12,21H,2H2,1H3,(H,22,23)(H2,20,24,25)/b13-12-. The van der Waals surface area contributed by atoms with Gasteiger partial charge in [-0.15, -0.1) is 0 Å². The van der Waals surface area contributed by atoms with E-state index < -0.39 is 15.9 Å². The number of nitrogens with zero attached hydrogens (tertiary/aromatic N) is 1. The average molecular weight is 386 g/mol. The zero-order valence-electron chi connectivity index (χ0n) is 14.5. The van der Waals surface area contributed by atoms with Crippen molar-refractivity contribution in [1.82, 2.24) is 0 Å². The average Bonchev–Trinajstić information content (AvgIpc) is 2.63. The van der Waals surface area contributed by atoms with Gasteiger partial charge in [0.1, 0.15) is 17.4 Å². The summed E-state index contributed by atoms with van der Waals surface area (Å²) in [5.41, 5.74) is 0.852. The molecule has 0 spiro atoms. The molecule has 0 bridgehead atoms. The predicted octanol–water partition coefficient (Wildman–Crippen LogP) is 2.19. The van der Waals surface area contributed by atoms with Crippen molar-refractivity contribution < 1.29 is 17.9 Å². The van der Waals surface area contributed by atoms with Gasteiger partial charge >= 0.3 is 0 Å². The highest BCUT2D eigenvalue weighted by Crippen LogP contribution is 2.16. The van der Waals surface area contributed by atoms with Crippen LogP contribution in [0.15, 0.2) is 65.2 Å². The molecule has 0 fully saturated rings. The fourth-order valence-corrected chi connectivity index (χ4v) is 2.56. The molecule has 8 nitrogen and oxygen atoms in total. The molecule has 4 N–H and O–H groups in total. The maximum atomic E-state index is 12.2. The quantitative estimate of drug-likeness (QED) is 0.493. The normalized spacial score (nSPS) is 11.4. The lowest BCUT2D eigenvalue weighted by Gasteiger charge is -2.07. The van der Waals surface area contributed by atoms with Gasteiger partial charge in [-0.3, -0.25) is 4.79 Å². The van der Waals surface area contributed by atoms with E-state index in [9.17, 15) is 18.5 Å². The van der Waals surface area contributed by atoms with Crippen LogP contribution >= 0.6 is 0 Å². The third-order valence-electron chi connectivity index (χ3n) is 3.35. The van der Waals surface area contributed by atoms with Gasteiger partial charge in [0, 0.05) is 17.6 Å². The Morgan fingerprint density at radius 2 is 1.74 bits per heavy atom. The van der Waals surface area contributed by atoms with E-state index in [-0.39, 0.29) is 10.5 Å². The molecule has 2 rings (SSSR count). The molecule has 0 aliphatic rings. The van der Waals surface area contributed by atoms with Gasteiger partial charge < -0.3 is 15.4 Å². The van der Waals surface area contributed by atoms with Gasteiger partial charge in [-0.25, -0.2) is 13.6 Å². The van der Waals surface area contributed by atoms with Crippen molar-refractivity contribution in [1.29, 1.82) is 5.26 Å². The molecule has 2 aromatic rings. The van der Waals surface area contributed by atoms with Crippen molar-refractivity contribution in [2.75, 3.05) is 17.2 Å². The van der Waals surface area contributed by atoms with Gasteiger partial charge in [-0.05, 0) is 55.5 Å². The van der Waals surface area contributed by atoms with Gasteiger partial charge in [0.15, 0.2) is 0 Å². The Labute approximate surface area is 157 Å². The zero-order valence-corrected chi connectivity index (χ0v) is 15.3. The van der Waals surface area contributed by atoms with Crippen molar-refractivity contribution in [3.8, 4) is 11.8 Å². The van der Waals surface area contributed by atoms with Crippen LogP contribution in [0.2, 0.25) is 0 Å². The van der Waals surface area contributed by atoms with Gasteiger partial charge in [-0.1, -0.05) is 0 Å². The van der Waals surface area contributed by atoms with Crippen LogP contribution in [0.3, 0.4) is 0 Å². The number of carbonyl (C=O) groups excluding carboxylic acids is 1. The molecule has 0 heterocycles. The number of nitrogens with two attached hydrogens (primary N) is 1. The lowest BCUT2D eigenvalue weighted by atomic mass is 10.2. The third kappa shape index (κ3) is 5.85. The van der Waals surface area contributed by atoms with Crippen LogP contribution in [-0.2, 0) is 14.8 Å². The van der Waals surface area contributed by atoms with E-state index in [4.69, 9.17) is 9.88 Å². The van der Waals surface area contributed by atoms with E-state index in [1.54, 1.807) is 30.3 Å². The van der Waals surface area contributed by atoms with E-state index in [1.807, 2.05) is 6.92 Å². The molecular formula is C18H18N4O4S. The highest BCUT2D eigenvalue weighted by Gasteiger charge is 2.11. The van der Waals surface area contributed by atoms with Crippen LogP contribution in [0.1, 0.15) is 6.92 Å². The number of ether oxygens (including phenoxy) is 1. The minimum Gasteiger partial charge on any atom is -0.494 e. The lowest BCUT2D eigenvalue weighted by molar-refractivity contribution is -0.112. The van der Waals surface area contributed by atoms with Crippen molar-refractivity contribution in [3.05, 3.63) is 60.3 Å². The lowest BCUT2D eigenvalue weighted by Crippen LogP contribution is -2.15. The van der Waals surface area contributed by atoms with E-state index in [0.717, 1.165) is 0 Å². The number of benzene rings is 2. The maximum absolute atomic E-state index is 12.2. The van der Waals surface area contributed by atoms with Crippen LogP contribution < -0.4 is 20.5 Å². The molecule has 2 aromatic carbocycles. The number of nitriles is 1. The summed E-state index contributed by atoms with van der Waals surface area (Å²) in [5.74, 6) is 0.0764. The first-order chi connectivity index (χ1) is 12.8. The summed E-state index contributed by atoms with van der Waals surface area (Å²) in [6.07, 6.45) is 1.28. The summed E-state index contributed by atoms with van der Waals surface area (Å²) < 4.78 is 27.8. The van der Waals surface area contributed by atoms with Gasteiger partial charge in [0.05, 0.1) is 11.5 Å². The van der Waals surface area contributed by atoms with Crippen LogP contribution in [-0.4, -0.2) is 20.9 Å². The second-order valence-corrected chi connectivity index (χ2v) is 6.86. The Morgan fingerprint density at radius 3 is 2.26 bits per heavy atom. The molecular weight excluding hydrogens is 368 g/mol. The summed E-state index contributed by atoms with van der Waals surface area (Å²) in [4.78, 5) is 12.1. The van der Waals surface area contributed by atoms with E-state index >= 15 is 0 Å². The number of primary sulfonamides is 1. The van der Waals surface area contributed by atoms with E-state index in [2.05, 4.69) is 10.6 Å². The topological polar surface area (TPSA) is 134 Å². The highest BCUT2D eigenvalue weighted by molar-refractivity contribution is 7.89. The predicted molar refractivity (Wildman–Crippen MR) is 101 cm³/mol. The first-order valence-corrected chi connectivity index (χ1v) is 9.42. The Kier molecular flexibility index (Phi) is 6.54. The molecule has 9 heteroatoms. The van der Waals surface area contributed by atoms with Crippen LogP contribution in [0, 0.1) is 11.3 Å². The van der Waals surface area contributed by atoms with Gasteiger partial charge in [-0.2, -0.15) is 5.26 Å². The summed E-state index contributed by atoms with van der Waals surface area (Å²) in [7, 11) is -3.81. The second kappa shape index (κ2) is 8.84. The molecule has 1 amide bonds. The molecule has 27 heavy (non-hydrogen) atoms. The number of carbonyl (C=O) groups is 1. The Hall–Kier alpha value is -3.35. The molecule has 0 radical (unpaired) electrons. The van der Waals surface area contributed by atoms with E-state index in [1.165, 1.54) is 30.5 Å². The van der Waals surface area contributed by atoms with Crippen LogP contribution in [0.4, 0.5) is 11.4 Å². The Morgan fingerprint density at radius 1 is 1.15 bits per heavy atom. The fraction of sp³-hybridized carbons (Fsp3) is 0.111. The van der Waals surface area contributed by atoms with Gasteiger partial charge in [0.25, 0.3) is 5.91 Å². The van der Waals surface area contributed by atoms with Gasteiger partial charge in [0.2, 0.25) is 10.0 Å². The number of amides is 1. The molecule has 0 aliphatic heterocycles.